The van der Waals surface area contributed by atoms with E-state index in [1.165, 1.54) is 6.20 Å². The molecule has 126 valence electrons. The van der Waals surface area contributed by atoms with Gasteiger partial charge in [-0.25, -0.2) is 14.8 Å². The monoisotopic (exact) mass is 341 g/mol. The highest BCUT2D eigenvalue weighted by Gasteiger charge is 2.10. The Bertz CT molecular complexity index is 1060. The molecule has 0 fully saturated rings. The first kappa shape index (κ1) is 15.8. The van der Waals surface area contributed by atoms with E-state index < -0.39 is 5.97 Å². The zero-order valence-electron chi connectivity index (χ0n) is 13.8. The van der Waals surface area contributed by atoms with Gasteiger partial charge in [0.25, 0.3) is 0 Å². The molecule has 0 radical (unpaired) electrons. The van der Waals surface area contributed by atoms with Gasteiger partial charge in [-0.3, -0.25) is 0 Å². The van der Waals surface area contributed by atoms with Crippen molar-refractivity contribution < 1.29 is 9.90 Å². The molecule has 5 heteroatoms. The van der Waals surface area contributed by atoms with E-state index in [2.05, 4.69) is 4.98 Å². The molecule has 1 N–H and O–H groups in total. The van der Waals surface area contributed by atoms with Crippen LogP contribution in [0.25, 0.3) is 5.65 Å². The van der Waals surface area contributed by atoms with Crippen LogP contribution in [0.1, 0.15) is 21.6 Å². The normalized spacial score (nSPS) is 10.6. The van der Waals surface area contributed by atoms with Gasteiger partial charge in [0, 0.05) is 29.6 Å². The number of carboxylic acid groups (broad SMARTS) is 1. The molecule has 0 bridgehead atoms. The minimum atomic E-state index is -1.05. The van der Waals surface area contributed by atoms with Crippen molar-refractivity contribution >= 4 is 23.0 Å². The second kappa shape index (κ2) is 6.64. The van der Waals surface area contributed by atoms with E-state index >= 15 is 0 Å². The molecule has 0 aliphatic carbocycles. The summed E-state index contributed by atoms with van der Waals surface area (Å²) in [6, 6.07) is 23.5. The highest BCUT2D eigenvalue weighted by atomic mass is 16.4. The fourth-order valence-corrected chi connectivity index (χ4v) is 2.76. The second-order valence-electron chi connectivity index (χ2n) is 5.77. The van der Waals surface area contributed by atoms with Crippen LogP contribution in [0.3, 0.4) is 0 Å². The Morgan fingerprint density at radius 3 is 2.12 bits per heavy atom. The summed E-state index contributed by atoms with van der Waals surface area (Å²) in [7, 11) is 0. The van der Waals surface area contributed by atoms with Gasteiger partial charge in [-0.15, -0.1) is 0 Å². The number of aromatic nitrogens is 2. The standard InChI is InChI=1S/C21H15N3O2/c25-21(26)18-14-24-12-11-17(13-19(24)23-18)22-20(15-7-3-1-4-8-15)16-9-5-2-6-10-16/h1-14H,(H,25,26). The molecule has 0 saturated carbocycles. The highest BCUT2D eigenvalue weighted by Crippen LogP contribution is 2.20. The summed E-state index contributed by atoms with van der Waals surface area (Å²) in [5.74, 6) is -1.05. The van der Waals surface area contributed by atoms with Crippen LogP contribution in [0.5, 0.6) is 0 Å². The molecule has 0 atom stereocenters. The maximum atomic E-state index is 11.1. The van der Waals surface area contributed by atoms with Gasteiger partial charge in [0.1, 0.15) is 5.65 Å². The molecule has 26 heavy (non-hydrogen) atoms. The lowest BCUT2D eigenvalue weighted by atomic mass is 10.0. The lowest BCUT2D eigenvalue weighted by Crippen LogP contribution is -2.02. The Kier molecular flexibility index (Phi) is 4.03. The van der Waals surface area contributed by atoms with Crippen molar-refractivity contribution in [3.63, 3.8) is 0 Å². The Morgan fingerprint density at radius 2 is 1.54 bits per heavy atom. The molecule has 2 aromatic heterocycles. The summed E-state index contributed by atoms with van der Waals surface area (Å²) in [6.07, 6.45) is 3.25. The smallest absolute Gasteiger partial charge is 0.356 e. The topological polar surface area (TPSA) is 67.0 Å². The first-order chi connectivity index (χ1) is 12.7. The molecule has 0 saturated heterocycles. The molecule has 2 aromatic carbocycles. The van der Waals surface area contributed by atoms with Gasteiger partial charge in [0.2, 0.25) is 0 Å². The van der Waals surface area contributed by atoms with Crippen molar-refractivity contribution in [2.45, 2.75) is 0 Å². The molecule has 4 rings (SSSR count). The summed E-state index contributed by atoms with van der Waals surface area (Å²) in [6.45, 7) is 0. The Hall–Kier alpha value is -3.73. The van der Waals surface area contributed by atoms with Crippen molar-refractivity contribution in [2.24, 2.45) is 4.99 Å². The van der Waals surface area contributed by atoms with E-state index in [0.717, 1.165) is 16.8 Å². The first-order valence-corrected chi connectivity index (χ1v) is 8.12. The number of nitrogens with zero attached hydrogens (tertiary/aromatic N) is 3. The fourth-order valence-electron chi connectivity index (χ4n) is 2.76. The van der Waals surface area contributed by atoms with Crippen molar-refractivity contribution in [2.75, 3.05) is 0 Å². The lowest BCUT2D eigenvalue weighted by molar-refractivity contribution is 0.0691. The predicted octanol–water partition coefficient (Wildman–Crippen LogP) is 4.20. The van der Waals surface area contributed by atoms with Gasteiger partial charge in [-0.2, -0.15) is 0 Å². The van der Waals surface area contributed by atoms with Crippen molar-refractivity contribution in [3.05, 3.63) is 102 Å². The minimum Gasteiger partial charge on any atom is -0.476 e. The van der Waals surface area contributed by atoms with Crippen molar-refractivity contribution in [3.8, 4) is 0 Å². The minimum absolute atomic E-state index is 0.0115. The summed E-state index contributed by atoms with van der Waals surface area (Å²) < 4.78 is 1.67. The van der Waals surface area contributed by atoms with Crippen LogP contribution in [-0.4, -0.2) is 26.2 Å². The number of rotatable bonds is 4. The second-order valence-corrected chi connectivity index (χ2v) is 5.77. The van der Waals surface area contributed by atoms with Crippen LogP contribution in [0, 0.1) is 0 Å². The maximum absolute atomic E-state index is 11.1. The van der Waals surface area contributed by atoms with E-state index in [4.69, 9.17) is 10.1 Å². The first-order valence-electron chi connectivity index (χ1n) is 8.12. The van der Waals surface area contributed by atoms with Crippen LogP contribution in [-0.2, 0) is 0 Å². The van der Waals surface area contributed by atoms with Crippen LogP contribution in [0.15, 0.2) is 90.2 Å². The van der Waals surface area contributed by atoms with Crippen molar-refractivity contribution in [1.82, 2.24) is 9.38 Å². The van der Waals surface area contributed by atoms with E-state index in [1.807, 2.05) is 66.7 Å². The zero-order chi connectivity index (χ0) is 17.9. The lowest BCUT2D eigenvalue weighted by Gasteiger charge is -2.08. The number of aromatic carboxylic acids is 1. The van der Waals surface area contributed by atoms with Crippen molar-refractivity contribution in [1.29, 1.82) is 0 Å². The van der Waals surface area contributed by atoms with E-state index in [9.17, 15) is 4.79 Å². The number of benzene rings is 2. The SMILES string of the molecule is O=C(O)c1cn2ccc(N=C(c3ccccc3)c3ccccc3)cc2n1. The molecule has 0 aliphatic heterocycles. The average Bonchev–Trinajstić information content (AvgIpc) is 3.11. The van der Waals surface area contributed by atoms with E-state index in [1.54, 1.807) is 16.7 Å². The summed E-state index contributed by atoms with van der Waals surface area (Å²) in [4.78, 5) is 20.0. The van der Waals surface area contributed by atoms with Crippen LogP contribution < -0.4 is 0 Å². The number of aliphatic imine (C=N–C) groups is 1. The van der Waals surface area contributed by atoms with Gasteiger partial charge in [-0.1, -0.05) is 60.7 Å². The summed E-state index contributed by atoms with van der Waals surface area (Å²) in [5, 5.41) is 9.09. The van der Waals surface area contributed by atoms with Crippen LogP contribution >= 0.6 is 0 Å². The maximum Gasteiger partial charge on any atom is 0.356 e. The summed E-state index contributed by atoms with van der Waals surface area (Å²) in [5.41, 5.74) is 4.13. The number of hydrogen-bond donors (Lipinski definition) is 1. The highest BCUT2D eigenvalue weighted by molar-refractivity contribution is 6.13. The quantitative estimate of drug-likeness (QED) is 0.566. The molecule has 0 spiro atoms. The number of carbonyl (C=O) groups is 1. The summed E-state index contributed by atoms with van der Waals surface area (Å²) >= 11 is 0. The Labute approximate surface area is 149 Å². The van der Waals surface area contributed by atoms with Gasteiger partial charge in [0.15, 0.2) is 5.69 Å². The Morgan fingerprint density at radius 1 is 0.923 bits per heavy atom. The third-order valence-corrected chi connectivity index (χ3v) is 4.00. The molecular weight excluding hydrogens is 326 g/mol. The number of hydrogen-bond acceptors (Lipinski definition) is 3. The van der Waals surface area contributed by atoms with E-state index in [0.29, 0.717) is 11.3 Å². The number of carboxylic acids is 1. The van der Waals surface area contributed by atoms with Gasteiger partial charge >= 0.3 is 5.97 Å². The zero-order valence-corrected chi connectivity index (χ0v) is 13.8. The molecule has 4 aromatic rings. The number of fused-ring (bicyclic) bond motifs is 1. The Balaban J connectivity index is 1.84. The molecule has 0 unspecified atom stereocenters. The van der Waals surface area contributed by atoms with Gasteiger partial charge in [-0.05, 0) is 6.07 Å². The molecule has 0 aliphatic rings. The number of imidazole rings is 1. The molecule has 0 amide bonds. The third kappa shape index (κ3) is 3.10. The van der Waals surface area contributed by atoms with Gasteiger partial charge in [0.05, 0.1) is 11.4 Å². The van der Waals surface area contributed by atoms with Gasteiger partial charge < -0.3 is 9.51 Å². The fraction of sp³-hybridized carbons (Fsp3) is 0. The largest absolute Gasteiger partial charge is 0.476 e. The number of pyridine rings is 1. The van der Waals surface area contributed by atoms with E-state index in [-0.39, 0.29) is 5.69 Å². The van der Waals surface area contributed by atoms with Crippen LogP contribution in [0.4, 0.5) is 5.69 Å². The van der Waals surface area contributed by atoms with Crippen LogP contribution in [0.2, 0.25) is 0 Å². The third-order valence-electron chi connectivity index (χ3n) is 4.00. The molecule has 5 nitrogen and oxygen atoms in total. The average molecular weight is 341 g/mol. The predicted molar refractivity (Wildman–Crippen MR) is 100 cm³/mol. The molecular formula is C21H15N3O2. The molecule has 2 heterocycles.